The Morgan fingerprint density at radius 3 is 2.63 bits per heavy atom. The van der Waals surface area contributed by atoms with Gasteiger partial charge in [-0.3, -0.25) is 4.79 Å². The van der Waals surface area contributed by atoms with E-state index in [0.717, 1.165) is 0 Å². The fourth-order valence-electron chi connectivity index (χ4n) is 1.67. The largest absolute Gasteiger partial charge is 0.507 e. The Labute approximate surface area is 115 Å². The first-order chi connectivity index (χ1) is 9.13. The Morgan fingerprint density at radius 1 is 1.21 bits per heavy atom. The van der Waals surface area contributed by atoms with E-state index in [9.17, 15) is 9.90 Å². The molecule has 0 unspecified atom stereocenters. The molecule has 2 rings (SSSR count). The number of carbonyl (C=O) groups is 1. The molecular weight excluding hydrogens is 266 g/mol. The summed E-state index contributed by atoms with van der Waals surface area (Å²) in [6, 6.07) is 11.5. The fraction of sp³-hybridized carbons (Fsp3) is 0.0714. The summed E-state index contributed by atoms with van der Waals surface area (Å²) in [5.41, 5.74) is 0.546. The minimum Gasteiger partial charge on any atom is -0.507 e. The van der Waals surface area contributed by atoms with Crippen molar-refractivity contribution in [2.24, 2.45) is 0 Å². The van der Waals surface area contributed by atoms with Crippen LogP contribution in [-0.2, 0) is 0 Å². The van der Waals surface area contributed by atoms with Crippen LogP contribution >= 0.6 is 11.6 Å². The van der Waals surface area contributed by atoms with Gasteiger partial charge in [0.15, 0.2) is 0 Å². The van der Waals surface area contributed by atoms with E-state index < -0.39 is 5.91 Å². The number of ether oxygens (including phenoxy) is 1. The standard InChI is InChI=1S/C14H12ClNO3/c1-19-12-8-4-7-11(17)13(12)14(18)16-10-6-3-2-5-9(10)15/h2-8,17H,1H3,(H,16,18). The van der Waals surface area contributed by atoms with Gasteiger partial charge in [-0.1, -0.05) is 29.8 Å². The minimum atomic E-state index is -0.483. The van der Waals surface area contributed by atoms with Crippen molar-refractivity contribution < 1.29 is 14.6 Å². The third-order valence-electron chi connectivity index (χ3n) is 2.57. The van der Waals surface area contributed by atoms with Gasteiger partial charge in [0.2, 0.25) is 0 Å². The van der Waals surface area contributed by atoms with Crippen LogP contribution in [0.2, 0.25) is 5.02 Å². The van der Waals surface area contributed by atoms with Gasteiger partial charge >= 0.3 is 0 Å². The number of halogens is 1. The fourth-order valence-corrected chi connectivity index (χ4v) is 1.85. The normalized spacial score (nSPS) is 10.0. The van der Waals surface area contributed by atoms with Crippen molar-refractivity contribution in [3.63, 3.8) is 0 Å². The number of para-hydroxylation sites is 1. The van der Waals surface area contributed by atoms with Crippen LogP contribution < -0.4 is 10.1 Å². The molecule has 0 aliphatic rings. The zero-order valence-electron chi connectivity index (χ0n) is 10.2. The maximum absolute atomic E-state index is 12.2. The highest BCUT2D eigenvalue weighted by molar-refractivity contribution is 6.34. The number of amides is 1. The highest BCUT2D eigenvalue weighted by Crippen LogP contribution is 2.29. The number of phenolic OH excluding ortho intramolecular Hbond substituents is 1. The molecule has 0 radical (unpaired) electrons. The van der Waals surface area contributed by atoms with Gasteiger partial charge in [-0.05, 0) is 24.3 Å². The summed E-state index contributed by atoms with van der Waals surface area (Å²) in [7, 11) is 1.43. The number of phenols is 1. The van der Waals surface area contributed by atoms with E-state index >= 15 is 0 Å². The lowest BCUT2D eigenvalue weighted by Gasteiger charge is -2.11. The maximum atomic E-state index is 12.2. The van der Waals surface area contributed by atoms with Crippen LogP contribution in [0.4, 0.5) is 5.69 Å². The molecule has 0 aromatic heterocycles. The molecule has 19 heavy (non-hydrogen) atoms. The van der Waals surface area contributed by atoms with E-state index in [1.165, 1.54) is 13.2 Å². The molecule has 2 N–H and O–H groups in total. The number of anilines is 1. The number of carbonyl (C=O) groups excluding carboxylic acids is 1. The Bertz CT molecular complexity index is 613. The molecule has 0 aliphatic heterocycles. The second-order valence-corrected chi connectivity index (χ2v) is 4.20. The average molecular weight is 278 g/mol. The summed E-state index contributed by atoms with van der Waals surface area (Å²) in [6.45, 7) is 0. The molecule has 4 nitrogen and oxygen atoms in total. The lowest BCUT2D eigenvalue weighted by atomic mass is 10.1. The number of benzene rings is 2. The predicted molar refractivity (Wildman–Crippen MR) is 74.1 cm³/mol. The predicted octanol–water partition coefficient (Wildman–Crippen LogP) is 3.31. The van der Waals surface area contributed by atoms with Crippen LogP contribution in [0.15, 0.2) is 42.5 Å². The molecule has 2 aromatic carbocycles. The third-order valence-corrected chi connectivity index (χ3v) is 2.90. The van der Waals surface area contributed by atoms with Gasteiger partial charge in [0.05, 0.1) is 17.8 Å². The summed E-state index contributed by atoms with van der Waals surface area (Å²) >= 11 is 5.96. The summed E-state index contributed by atoms with van der Waals surface area (Å²) in [5.74, 6) is -0.337. The van der Waals surface area contributed by atoms with Crippen molar-refractivity contribution in [1.29, 1.82) is 0 Å². The van der Waals surface area contributed by atoms with Crippen LogP contribution in [0.5, 0.6) is 11.5 Å². The number of rotatable bonds is 3. The van der Waals surface area contributed by atoms with E-state index in [2.05, 4.69) is 5.32 Å². The van der Waals surface area contributed by atoms with E-state index in [1.54, 1.807) is 36.4 Å². The van der Waals surface area contributed by atoms with Crippen LogP contribution in [0.1, 0.15) is 10.4 Å². The van der Waals surface area contributed by atoms with Gasteiger partial charge in [-0.15, -0.1) is 0 Å². The topological polar surface area (TPSA) is 58.6 Å². The molecule has 0 atom stereocenters. The molecule has 2 aromatic rings. The van der Waals surface area contributed by atoms with Gasteiger partial charge in [-0.2, -0.15) is 0 Å². The van der Waals surface area contributed by atoms with Crippen molar-refractivity contribution in [2.75, 3.05) is 12.4 Å². The molecule has 0 heterocycles. The molecule has 1 amide bonds. The molecule has 0 saturated heterocycles. The van der Waals surface area contributed by atoms with Gasteiger partial charge in [0.25, 0.3) is 5.91 Å². The lowest BCUT2D eigenvalue weighted by molar-refractivity contribution is 0.102. The molecular formula is C14H12ClNO3. The highest BCUT2D eigenvalue weighted by atomic mass is 35.5. The molecule has 5 heteroatoms. The van der Waals surface area contributed by atoms with Crippen molar-refractivity contribution in [1.82, 2.24) is 0 Å². The molecule has 0 fully saturated rings. The maximum Gasteiger partial charge on any atom is 0.263 e. The third kappa shape index (κ3) is 2.80. The monoisotopic (exact) mass is 277 g/mol. The minimum absolute atomic E-state index is 0.0740. The van der Waals surface area contributed by atoms with Gasteiger partial charge in [0.1, 0.15) is 17.1 Å². The highest BCUT2D eigenvalue weighted by Gasteiger charge is 2.17. The lowest BCUT2D eigenvalue weighted by Crippen LogP contribution is -2.13. The summed E-state index contributed by atoms with van der Waals surface area (Å²) in [6.07, 6.45) is 0. The first kappa shape index (κ1) is 13.2. The zero-order valence-corrected chi connectivity index (χ0v) is 10.9. The molecule has 0 saturated carbocycles. The van der Waals surface area contributed by atoms with Crippen LogP contribution in [0.25, 0.3) is 0 Å². The molecule has 0 bridgehead atoms. The summed E-state index contributed by atoms with van der Waals surface area (Å²) in [5, 5.41) is 12.8. The SMILES string of the molecule is COc1cccc(O)c1C(=O)Nc1ccccc1Cl. The second-order valence-electron chi connectivity index (χ2n) is 3.79. The average Bonchev–Trinajstić information content (AvgIpc) is 2.40. The van der Waals surface area contributed by atoms with E-state index in [0.29, 0.717) is 16.5 Å². The van der Waals surface area contributed by atoms with E-state index in [4.69, 9.17) is 16.3 Å². The Hall–Kier alpha value is -2.20. The number of hydrogen-bond donors (Lipinski definition) is 2. The number of methoxy groups -OCH3 is 1. The summed E-state index contributed by atoms with van der Waals surface area (Å²) in [4.78, 5) is 12.2. The molecule has 0 spiro atoms. The van der Waals surface area contributed by atoms with Gasteiger partial charge in [0, 0.05) is 0 Å². The second kappa shape index (κ2) is 5.63. The summed E-state index contributed by atoms with van der Waals surface area (Å²) < 4.78 is 5.06. The number of hydrogen-bond acceptors (Lipinski definition) is 3. The quantitative estimate of drug-likeness (QED) is 0.905. The van der Waals surface area contributed by atoms with E-state index in [-0.39, 0.29) is 11.3 Å². The first-order valence-corrected chi connectivity index (χ1v) is 5.93. The zero-order chi connectivity index (χ0) is 13.8. The molecule has 0 aliphatic carbocycles. The Morgan fingerprint density at radius 2 is 1.95 bits per heavy atom. The number of nitrogens with one attached hydrogen (secondary N) is 1. The van der Waals surface area contributed by atoms with Crippen molar-refractivity contribution in [3.8, 4) is 11.5 Å². The smallest absolute Gasteiger partial charge is 0.263 e. The van der Waals surface area contributed by atoms with Crippen molar-refractivity contribution >= 4 is 23.2 Å². The van der Waals surface area contributed by atoms with E-state index in [1.807, 2.05) is 0 Å². The van der Waals surface area contributed by atoms with Crippen LogP contribution in [-0.4, -0.2) is 18.1 Å². The van der Waals surface area contributed by atoms with Crippen LogP contribution in [0, 0.1) is 0 Å². The van der Waals surface area contributed by atoms with Crippen molar-refractivity contribution in [2.45, 2.75) is 0 Å². The number of aromatic hydroxyl groups is 1. The van der Waals surface area contributed by atoms with Gasteiger partial charge < -0.3 is 15.2 Å². The molecule has 98 valence electrons. The van der Waals surface area contributed by atoms with Gasteiger partial charge in [-0.25, -0.2) is 0 Å². The Kier molecular flexibility index (Phi) is 3.92. The Balaban J connectivity index is 2.33. The van der Waals surface area contributed by atoms with Crippen molar-refractivity contribution in [3.05, 3.63) is 53.1 Å². The first-order valence-electron chi connectivity index (χ1n) is 5.55. The van der Waals surface area contributed by atoms with Crippen LogP contribution in [0.3, 0.4) is 0 Å².